The molecule has 0 bridgehead atoms. The zero-order valence-corrected chi connectivity index (χ0v) is 11.2. The van der Waals surface area contributed by atoms with E-state index in [1.54, 1.807) is 7.11 Å². The number of carbonyl (C=O) groups is 1. The summed E-state index contributed by atoms with van der Waals surface area (Å²) in [5, 5.41) is 6.61. The van der Waals surface area contributed by atoms with Crippen LogP contribution in [0, 0.1) is 5.92 Å². The summed E-state index contributed by atoms with van der Waals surface area (Å²) in [4.78, 5) is 11.5. The number of carbonyl (C=O) groups excluding carboxylic acids is 1. The van der Waals surface area contributed by atoms with Crippen LogP contribution in [-0.2, 0) is 11.3 Å². The highest BCUT2D eigenvalue weighted by Gasteiger charge is 2.42. The van der Waals surface area contributed by atoms with Gasteiger partial charge in [-0.2, -0.15) is 0 Å². The van der Waals surface area contributed by atoms with Crippen LogP contribution in [0.5, 0.6) is 5.75 Å². The van der Waals surface area contributed by atoms with E-state index in [9.17, 15) is 4.79 Å². The first kappa shape index (κ1) is 12.5. The predicted octanol–water partition coefficient (Wildman–Crippen LogP) is 1.45. The number of rotatable bonds is 5. The summed E-state index contributed by atoms with van der Waals surface area (Å²) in [7, 11) is 1.67. The lowest BCUT2D eigenvalue weighted by atomic mass is 10.0. The molecule has 0 aromatic heterocycles. The van der Waals surface area contributed by atoms with Crippen molar-refractivity contribution in [1.29, 1.82) is 0 Å². The van der Waals surface area contributed by atoms with Gasteiger partial charge in [-0.25, -0.2) is 0 Å². The molecule has 3 rings (SSSR count). The number of ether oxygens (including phenoxy) is 1. The average molecular weight is 260 g/mol. The van der Waals surface area contributed by atoms with Crippen molar-refractivity contribution in [2.24, 2.45) is 5.92 Å². The highest BCUT2D eigenvalue weighted by atomic mass is 16.5. The van der Waals surface area contributed by atoms with Gasteiger partial charge in [-0.05, 0) is 36.5 Å². The maximum absolute atomic E-state index is 11.5. The minimum absolute atomic E-state index is 0.184. The van der Waals surface area contributed by atoms with E-state index < -0.39 is 0 Å². The molecule has 2 unspecified atom stereocenters. The van der Waals surface area contributed by atoms with Gasteiger partial charge in [0.25, 0.3) is 0 Å². The summed E-state index contributed by atoms with van der Waals surface area (Å²) in [5.74, 6) is 1.75. The van der Waals surface area contributed by atoms with Gasteiger partial charge in [-0.15, -0.1) is 0 Å². The number of hydrogen-bond donors (Lipinski definition) is 2. The minimum Gasteiger partial charge on any atom is -0.497 e. The Kier molecular flexibility index (Phi) is 3.42. The van der Waals surface area contributed by atoms with Crippen molar-refractivity contribution in [1.82, 2.24) is 10.6 Å². The Morgan fingerprint density at radius 2 is 2.05 bits per heavy atom. The molecule has 1 aromatic rings. The van der Waals surface area contributed by atoms with Crippen molar-refractivity contribution in [2.45, 2.75) is 37.9 Å². The Balaban J connectivity index is 1.56. The summed E-state index contributed by atoms with van der Waals surface area (Å²) in [6, 6.07) is 8.67. The van der Waals surface area contributed by atoms with Crippen molar-refractivity contribution >= 4 is 5.91 Å². The van der Waals surface area contributed by atoms with Crippen molar-refractivity contribution in [2.75, 3.05) is 7.11 Å². The summed E-state index contributed by atoms with van der Waals surface area (Å²) in [6.45, 7) is 0.798. The minimum atomic E-state index is 0.184. The van der Waals surface area contributed by atoms with Gasteiger partial charge >= 0.3 is 0 Å². The lowest BCUT2D eigenvalue weighted by molar-refractivity contribution is -0.119. The Labute approximate surface area is 113 Å². The van der Waals surface area contributed by atoms with Crippen LogP contribution in [0.2, 0.25) is 0 Å². The van der Waals surface area contributed by atoms with Crippen molar-refractivity contribution in [3.05, 3.63) is 29.8 Å². The van der Waals surface area contributed by atoms with E-state index in [1.165, 1.54) is 18.4 Å². The van der Waals surface area contributed by atoms with Crippen molar-refractivity contribution in [3.63, 3.8) is 0 Å². The smallest absolute Gasteiger partial charge is 0.221 e. The molecule has 1 aliphatic carbocycles. The first-order valence-electron chi connectivity index (χ1n) is 6.92. The van der Waals surface area contributed by atoms with Gasteiger partial charge in [-0.3, -0.25) is 4.79 Å². The Hall–Kier alpha value is -1.55. The molecule has 2 atom stereocenters. The fourth-order valence-electron chi connectivity index (χ4n) is 2.77. The van der Waals surface area contributed by atoms with E-state index in [2.05, 4.69) is 22.8 Å². The van der Waals surface area contributed by atoms with E-state index >= 15 is 0 Å². The lowest BCUT2D eigenvalue weighted by Crippen LogP contribution is -2.41. The van der Waals surface area contributed by atoms with Crippen LogP contribution in [0.3, 0.4) is 0 Å². The summed E-state index contributed by atoms with van der Waals surface area (Å²) in [5.41, 5.74) is 1.22. The topological polar surface area (TPSA) is 50.4 Å². The first-order chi connectivity index (χ1) is 9.26. The normalized spacial score (nSPS) is 26.3. The number of amides is 1. The van der Waals surface area contributed by atoms with Crippen LogP contribution in [0.15, 0.2) is 24.3 Å². The summed E-state index contributed by atoms with van der Waals surface area (Å²) < 4.78 is 5.14. The molecule has 2 N–H and O–H groups in total. The number of benzene rings is 1. The third-order valence-corrected chi connectivity index (χ3v) is 4.02. The second-order valence-electron chi connectivity index (χ2n) is 5.47. The van der Waals surface area contributed by atoms with Gasteiger partial charge in [0.2, 0.25) is 5.91 Å². The molecule has 1 amide bonds. The summed E-state index contributed by atoms with van der Waals surface area (Å²) >= 11 is 0. The predicted molar refractivity (Wildman–Crippen MR) is 72.9 cm³/mol. The maximum atomic E-state index is 11.5. The fraction of sp³-hybridized carbons (Fsp3) is 0.533. The highest BCUT2D eigenvalue weighted by molar-refractivity contribution is 5.79. The molecule has 4 nitrogen and oxygen atoms in total. The van der Waals surface area contributed by atoms with E-state index in [0.29, 0.717) is 18.4 Å². The second-order valence-corrected chi connectivity index (χ2v) is 5.47. The monoisotopic (exact) mass is 260 g/mol. The molecule has 1 saturated heterocycles. The third-order valence-electron chi connectivity index (χ3n) is 4.02. The van der Waals surface area contributed by atoms with Crippen molar-refractivity contribution < 1.29 is 9.53 Å². The quantitative estimate of drug-likeness (QED) is 0.842. The van der Waals surface area contributed by atoms with Gasteiger partial charge in [-0.1, -0.05) is 12.1 Å². The molecule has 19 heavy (non-hydrogen) atoms. The molecular formula is C15H20N2O2. The third kappa shape index (κ3) is 2.89. The zero-order valence-electron chi connectivity index (χ0n) is 11.2. The molecule has 1 saturated carbocycles. The molecule has 2 fully saturated rings. The van der Waals surface area contributed by atoms with Crippen LogP contribution in [0.25, 0.3) is 0 Å². The van der Waals surface area contributed by atoms with Gasteiger partial charge in [0.15, 0.2) is 0 Å². The van der Waals surface area contributed by atoms with Gasteiger partial charge < -0.3 is 15.4 Å². The van der Waals surface area contributed by atoms with Crippen LogP contribution < -0.4 is 15.4 Å². The van der Waals surface area contributed by atoms with E-state index in [1.807, 2.05) is 12.1 Å². The Morgan fingerprint density at radius 1 is 1.32 bits per heavy atom. The van der Waals surface area contributed by atoms with Crippen LogP contribution in [0.4, 0.5) is 0 Å². The van der Waals surface area contributed by atoms with Gasteiger partial charge in [0.1, 0.15) is 5.75 Å². The molecule has 2 aliphatic rings. The Morgan fingerprint density at radius 3 is 2.68 bits per heavy atom. The fourth-order valence-corrected chi connectivity index (χ4v) is 2.77. The van der Waals surface area contributed by atoms with E-state index in [-0.39, 0.29) is 11.9 Å². The number of hydrogen-bond acceptors (Lipinski definition) is 3. The molecule has 1 aliphatic heterocycles. The van der Waals surface area contributed by atoms with E-state index in [4.69, 9.17) is 4.74 Å². The maximum Gasteiger partial charge on any atom is 0.221 e. The molecule has 0 spiro atoms. The zero-order chi connectivity index (χ0) is 13.2. The molecule has 102 valence electrons. The molecular weight excluding hydrogens is 240 g/mol. The Bertz CT molecular complexity index is 454. The second kappa shape index (κ2) is 5.21. The largest absolute Gasteiger partial charge is 0.497 e. The highest BCUT2D eigenvalue weighted by Crippen LogP contribution is 2.36. The SMILES string of the molecule is COc1ccc(CNC2CC(=O)NC2C2CC2)cc1. The standard InChI is InChI=1S/C15H20N2O2/c1-19-12-6-2-10(3-7-12)9-16-13-8-14(18)17-15(13)11-4-5-11/h2-3,6-7,11,13,15-16H,4-5,8-9H2,1H3,(H,17,18). The van der Waals surface area contributed by atoms with Gasteiger partial charge in [0, 0.05) is 25.0 Å². The molecule has 1 aromatic carbocycles. The van der Waals surface area contributed by atoms with Crippen LogP contribution >= 0.6 is 0 Å². The molecule has 1 heterocycles. The molecule has 0 radical (unpaired) electrons. The lowest BCUT2D eigenvalue weighted by Gasteiger charge is -2.19. The molecule has 4 heteroatoms. The first-order valence-corrected chi connectivity index (χ1v) is 6.92. The number of methoxy groups -OCH3 is 1. The van der Waals surface area contributed by atoms with Crippen LogP contribution in [-0.4, -0.2) is 25.1 Å². The number of nitrogens with one attached hydrogen (secondary N) is 2. The van der Waals surface area contributed by atoms with Crippen LogP contribution in [0.1, 0.15) is 24.8 Å². The summed E-state index contributed by atoms with van der Waals surface area (Å²) in [6.07, 6.45) is 3.12. The van der Waals surface area contributed by atoms with E-state index in [0.717, 1.165) is 12.3 Å². The van der Waals surface area contributed by atoms with Crippen molar-refractivity contribution in [3.8, 4) is 5.75 Å². The van der Waals surface area contributed by atoms with Gasteiger partial charge in [0.05, 0.1) is 7.11 Å². The average Bonchev–Trinajstić information content (AvgIpc) is 3.21.